The summed E-state index contributed by atoms with van der Waals surface area (Å²) in [7, 11) is -5.50. The standard InChI is InChI=1S/C23H18F3NO2S2/c24-23(25,26)31(28,29)27(16-20-8-3-7-18-6-1-2-9-21(18)20)13-4-5-17-10-11-22-19(15-17)12-14-30-22/h1-12,14-15H,13,16H2/b5-4+. The largest absolute Gasteiger partial charge is 0.511 e. The van der Waals surface area contributed by atoms with Crippen molar-refractivity contribution in [1.82, 2.24) is 4.31 Å². The Kier molecular flexibility index (Phi) is 5.88. The van der Waals surface area contributed by atoms with Crippen LogP contribution in [0.3, 0.4) is 0 Å². The van der Waals surface area contributed by atoms with Gasteiger partial charge < -0.3 is 0 Å². The zero-order valence-corrected chi connectivity index (χ0v) is 17.8. The third-order valence-corrected chi connectivity index (χ3v) is 7.40. The van der Waals surface area contributed by atoms with Crippen molar-refractivity contribution in [2.24, 2.45) is 0 Å². The molecule has 4 aromatic rings. The second-order valence-electron chi connectivity index (χ2n) is 7.00. The van der Waals surface area contributed by atoms with Crippen LogP contribution in [0.1, 0.15) is 11.1 Å². The van der Waals surface area contributed by atoms with Gasteiger partial charge in [0.25, 0.3) is 0 Å². The zero-order valence-electron chi connectivity index (χ0n) is 16.2. The molecule has 8 heteroatoms. The summed E-state index contributed by atoms with van der Waals surface area (Å²) in [5, 5.41) is 4.55. The van der Waals surface area contributed by atoms with Crippen LogP contribution in [-0.2, 0) is 16.6 Å². The Hall–Kier alpha value is -2.68. The average Bonchev–Trinajstić information content (AvgIpc) is 3.20. The van der Waals surface area contributed by atoms with E-state index in [9.17, 15) is 21.6 Å². The van der Waals surface area contributed by atoms with E-state index in [0.717, 1.165) is 26.4 Å². The maximum absolute atomic E-state index is 13.3. The minimum atomic E-state index is -5.50. The first-order valence-corrected chi connectivity index (χ1v) is 11.7. The summed E-state index contributed by atoms with van der Waals surface area (Å²) in [6.45, 7) is -0.774. The molecule has 0 amide bonds. The molecule has 0 unspecified atom stereocenters. The number of rotatable bonds is 6. The van der Waals surface area contributed by atoms with Crippen molar-refractivity contribution < 1.29 is 21.6 Å². The van der Waals surface area contributed by atoms with E-state index in [2.05, 4.69) is 0 Å². The first-order chi connectivity index (χ1) is 14.8. The highest BCUT2D eigenvalue weighted by Crippen LogP contribution is 2.30. The van der Waals surface area contributed by atoms with Crippen LogP contribution in [0.15, 0.2) is 78.2 Å². The summed E-state index contributed by atoms with van der Waals surface area (Å²) in [5.41, 5.74) is -4.07. The van der Waals surface area contributed by atoms with Crippen LogP contribution < -0.4 is 0 Å². The lowest BCUT2D eigenvalue weighted by Gasteiger charge is -2.23. The molecule has 0 atom stereocenters. The van der Waals surface area contributed by atoms with Crippen LogP contribution in [0.25, 0.3) is 26.9 Å². The highest BCUT2D eigenvalue weighted by atomic mass is 32.2. The van der Waals surface area contributed by atoms with Crippen molar-refractivity contribution >= 4 is 48.3 Å². The zero-order chi connectivity index (χ0) is 22.1. The van der Waals surface area contributed by atoms with Gasteiger partial charge in [0.1, 0.15) is 0 Å². The van der Waals surface area contributed by atoms with E-state index in [1.54, 1.807) is 41.7 Å². The minimum Gasteiger partial charge on any atom is -0.203 e. The Labute approximate surface area is 182 Å². The molecule has 0 saturated heterocycles. The molecule has 4 rings (SSSR count). The smallest absolute Gasteiger partial charge is 0.203 e. The Balaban J connectivity index is 1.64. The number of nitrogens with zero attached hydrogens (tertiary/aromatic N) is 1. The van der Waals surface area contributed by atoms with Gasteiger partial charge in [0.05, 0.1) is 0 Å². The lowest BCUT2D eigenvalue weighted by Crippen LogP contribution is -2.40. The lowest BCUT2D eigenvalue weighted by atomic mass is 10.0. The number of alkyl halides is 3. The maximum atomic E-state index is 13.3. The minimum absolute atomic E-state index is 0.378. The number of benzene rings is 3. The monoisotopic (exact) mass is 461 g/mol. The van der Waals surface area contributed by atoms with Gasteiger partial charge in [-0.2, -0.15) is 17.5 Å². The first-order valence-electron chi connectivity index (χ1n) is 9.42. The van der Waals surface area contributed by atoms with Crippen LogP contribution in [-0.4, -0.2) is 24.8 Å². The van der Waals surface area contributed by atoms with E-state index in [-0.39, 0.29) is 6.54 Å². The van der Waals surface area contributed by atoms with Gasteiger partial charge in [-0.05, 0) is 50.9 Å². The fourth-order valence-corrected chi connectivity index (χ4v) is 5.06. The Morgan fingerprint density at radius 1 is 0.935 bits per heavy atom. The molecule has 0 bridgehead atoms. The second-order valence-corrected chi connectivity index (χ2v) is 9.88. The van der Waals surface area contributed by atoms with Crippen LogP contribution in [0.4, 0.5) is 13.2 Å². The number of halogens is 3. The molecule has 160 valence electrons. The average molecular weight is 462 g/mol. The summed E-state index contributed by atoms with van der Waals surface area (Å²) in [4.78, 5) is 0. The number of sulfonamides is 1. The molecule has 0 aliphatic rings. The SMILES string of the molecule is O=S(=O)(N(C/C=C/c1ccc2sccc2c1)Cc1cccc2ccccc12)C(F)(F)F. The van der Waals surface area contributed by atoms with Gasteiger partial charge in [0.15, 0.2) is 0 Å². The summed E-state index contributed by atoms with van der Waals surface area (Å²) < 4.78 is 66.1. The summed E-state index contributed by atoms with van der Waals surface area (Å²) >= 11 is 1.60. The molecule has 0 aliphatic heterocycles. The maximum Gasteiger partial charge on any atom is 0.511 e. The van der Waals surface area contributed by atoms with Crippen molar-refractivity contribution in [2.45, 2.75) is 12.1 Å². The van der Waals surface area contributed by atoms with Crippen LogP contribution in [0.5, 0.6) is 0 Å². The van der Waals surface area contributed by atoms with E-state index in [4.69, 9.17) is 0 Å². The third kappa shape index (κ3) is 4.51. The number of hydrogen-bond acceptors (Lipinski definition) is 3. The first kappa shape index (κ1) is 21.5. The molecule has 3 aromatic carbocycles. The van der Waals surface area contributed by atoms with Gasteiger partial charge in [-0.1, -0.05) is 60.7 Å². The quantitative estimate of drug-likeness (QED) is 0.332. The molecule has 0 radical (unpaired) electrons. The normalized spacial score (nSPS) is 13.0. The Morgan fingerprint density at radius 3 is 2.52 bits per heavy atom. The predicted octanol–water partition coefficient (Wildman–Crippen LogP) is 6.42. The molecule has 0 fully saturated rings. The van der Waals surface area contributed by atoms with Crippen molar-refractivity contribution in [3.05, 3.63) is 89.3 Å². The van der Waals surface area contributed by atoms with Crippen LogP contribution in [0.2, 0.25) is 0 Å². The van der Waals surface area contributed by atoms with E-state index >= 15 is 0 Å². The van der Waals surface area contributed by atoms with Crippen LogP contribution >= 0.6 is 11.3 Å². The fourth-order valence-electron chi connectivity index (χ4n) is 3.41. The van der Waals surface area contributed by atoms with Gasteiger partial charge in [-0.25, -0.2) is 8.42 Å². The molecule has 0 spiro atoms. The van der Waals surface area contributed by atoms with E-state index in [0.29, 0.717) is 9.87 Å². The lowest BCUT2D eigenvalue weighted by molar-refractivity contribution is -0.0488. The molecule has 31 heavy (non-hydrogen) atoms. The van der Waals surface area contributed by atoms with Gasteiger partial charge in [0, 0.05) is 17.8 Å². The number of fused-ring (bicyclic) bond motifs is 2. The van der Waals surface area contributed by atoms with Crippen molar-refractivity contribution in [1.29, 1.82) is 0 Å². The van der Waals surface area contributed by atoms with Crippen LogP contribution in [0, 0.1) is 0 Å². The summed E-state index contributed by atoms with van der Waals surface area (Å²) in [6.07, 6.45) is 3.08. The molecular formula is C23H18F3NO2S2. The third-order valence-electron chi connectivity index (χ3n) is 4.95. The van der Waals surface area contributed by atoms with Crippen molar-refractivity contribution in [3.8, 4) is 0 Å². The summed E-state index contributed by atoms with van der Waals surface area (Å²) in [5.74, 6) is 0. The van der Waals surface area contributed by atoms with E-state index < -0.39 is 22.1 Å². The highest BCUT2D eigenvalue weighted by Gasteiger charge is 2.49. The van der Waals surface area contributed by atoms with Gasteiger partial charge in [0.2, 0.25) is 0 Å². The molecule has 1 aromatic heterocycles. The van der Waals surface area contributed by atoms with E-state index in [1.165, 1.54) is 6.08 Å². The Morgan fingerprint density at radius 2 is 1.71 bits per heavy atom. The Bertz CT molecular complexity index is 1350. The van der Waals surface area contributed by atoms with Gasteiger partial charge in [-0.3, -0.25) is 0 Å². The number of hydrogen-bond donors (Lipinski definition) is 0. The molecule has 0 aliphatic carbocycles. The fraction of sp³-hybridized carbons (Fsp3) is 0.130. The molecule has 0 N–H and O–H groups in total. The van der Waals surface area contributed by atoms with E-state index in [1.807, 2.05) is 47.8 Å². The number of thiophene rings is 1. The van der Waals surface area contributed by atoms with Crippen molar-refractivity contribution in [2.75, 3.05) is 6.54 Å². The van der Waals surface area contributed by atoms with Gasteiger partial charge in [-0.15, -0.1) is 11.3 Å². The topological polar surface area (TPSA) is 37.4 Å². The molecular weight excluding hydrogens is 443 g/mol. The molecule has 1 heterocycles. The highest BCUT2D eigenvalue weighted by molar-refractivity contribution is 7.89. The van der Waals surface area contributed by atoms with Crippen molar-refractivity contribution in [3.63, 3.8) is 0 Å². The molecule has 3 nitrogen and oxygen atoms in total. The van der Waals surface area contributed by atoms with Gasteiger partial charge >= 0.3 is 15.5 Å². The second kappa shape index (κ2) is 8.45. The molecule has 0 saturated carbocycles. The summed E-state index contributed by atoms with van der Waals surface area (Å²) in [6, 6.07) is 20.0. The predicted molar refractivity (Wildman–Crippen MR) is 120 cm³/mol.